The molecule has 1 aromatic carbocycles. The van der Waals surface area contributed by atoms with E-state index in [1.54, 1.807) is 36.0 Å². The number of benzene rings is 1. The van der Waals surface area contributed by atoms with Gasteiger partial charge in [0, 0.05) is 16.7 Å². The molecule has 3 aromatic heterocycles. The highest BCUT2D eigenvalue weighted by Gasteiger charge is 2.25. The van der Waals surface area contributed by atoms with Gasteiger partial charge in [-0.25, -0.2) is 19.0 Å². The molecule has 0 saturated heterocycles. The van der Waals surface area contributed by atoms with Crippen LogP contribution in [0.25, 0.3) is 22.6 Å². The van der Waals surface area contributed by atoms with E-state index < -0.39 is 11.4 Å². The second-order valence-electron chi connectivity index (χ2n) is 8.73. The molecule has 0 aliphatic carbocycles. The Morgan fingerprint density at radius 1 is 1.09 bits per heavy atom. The number of rotatable bonds is 7. The molecule has 9 nitrogen and oxygen atoms in total. The SMILES string of the molecule is Cc1ccc(-c2cc(-c3cn(Cc4cccc(C(C)(C)CC(=O)O)n4)nn3)nc(N)n2)cc1F. The van der Waals surface area contributed by atoms with Crippen molar-refractivity contribution >= 4 is 11.9 Å². The van der Waals surface area contributed by atoms with E-state index in [2.05, 4.69) is 25.3 Å². The van der Waals surface area contributed by atoms with E-state index >= 15 is 0 Å². The van der Waals surface area contributed by atoms with Crippen molar-refractivity contribution < 1.29 is 14.3 Å². The third-order valence-electron chi connectivity index (χ3n) is 5.43. The number of halogens is 1. The van der Waals surface area contributed by atoms with Crippen LogP contribution in [0.5, 0.6) is 0 Å². The highest BCUT2D eigenvalue weighted by Crippen LogP contribution is 2.26. The molecular formula is C24H24FN7O2. The number of hydrogen-bond donors (Lipinski definition) is 2. The quantitative estimate of drug-likeness (QED) is 0.426. The molecule has 0 atom stereocenters. The number of aryl methyl sites for hydroxylation is 1. The molecular weight excluding hydrogens is 437 g/mol. The summed E-state index contributed by atoms with van der Waals surface area (Å²) in [5, 5.41) is 17.5. The number of carboxylic acid groups (broad SMARTS) is 1. The van der Waals surface area contributed by atoms with Gasteiger partial charge in [0.05, 0.1) is 36.2 Å². The summed E-state index contributed by atoms with van der Waals surface area (Å²) in [6.07, 6.45) is 1.68. The van der Waals surface area contributed by atoms with E-state index in [0.29, 0.717) is 46.1 Å². The summed E-state index contributed by atoms with van der Waals surface area (Å²) in [7, 11) is 0. The maximum Gasteiger partial charge on any atom is 0.304 e. The van der Waals surface area contributed by atoms with E-state index in [1.165, 1.54) is 6.07 Å². The lowest BCUT2D eigenvalue weighted by Gasteiger charge is -2.22. The van der Waals surface area contributed by atoms with E-state index in [1.807, 2.05) is 32.0 Å². The van der Waals surface area contributed by atoms with Gasteiger partial charge in [0.1, 0.15) is 11.5 Å². The van der Waals surface area contributed by atoms with E-state index in [-0.39, 0.29) is 18.2 Å². The Morgan fingerprint density at radius 3 is 2.59 bits per heavy atom. The monoisotopic (exact) mass is 461 g/mol. The van der Waals surface area contributed by atoms with Gasteiger partial charge in [-0.2, -0.15) is 0 Å². The molecule has 0 aliphatic heterocycles. The Morgan fingerprint density at radius 2 is 1.85 bits per heavy atom. The number of carbonyl (C=O) groups is 1. The van der Waals surface area contributed by atoms with Gasteiger partial charge in [-0.1, -0.05) is 37.3 Å². The number of aromatic nitrogens is 6. The predicted octanol–water partition coefficient (Wildman–Crippen LogP) is 3.63. The van der Waals surface area contributed by atoms with Crippen molar-refractivity contribution in [3.05, 3.63) is 71.4 Å². The third kappa shape index (κ3) is 5.06. The molecule has 0 bridgehead atoms. The van der Waals surface area contributed by atoms with Crippen LogP contribution in [-0.4, -0.2) is 41.0 Å². The number of nitrogens with zero attached hydrogens (tertiary/aromatic N) is 6. The maximum absolute atomic E-state index is 14.0. The van der Waals surface area contributed by atoms with Crippen LogP contribution < -0.4 is 5.73 Å². The summed E-state index contributed by atoms with van der Waals surface area (Å²) in [5.41, 5.74) is 9.22. The number of nitrogens with two attached hydrogens (primary N) is 1. The van der Waals surface area contributed by atoms with Crippen molar-refractivity contribution in [3.8, 4) is 22.6 Å². The van der Waals surface area contributed by atoms with Gasteiger partial charge < -0.3 is 10.8 Å². The first-order chi connectivity index (χ1) is 16.1. The molecule has 4 rings (SSSR count). The third-order valence-corrected chi connectivity index (χ3v) is 5.43. The first-order valence-corrected chi connectivity index (χ1v) is 10.6. The average molecular weight is 462 g/mol. The van der Waals surface area contributed by atoms with Crippen molar-refractivity contribution in [3.63, 3.8) is 0 Å². The molecule has 0 radical (unpaired) electrons. The van der Waals surface area contributed by atoms with Crippen LogP contribution in [0.15, 0.2) is 48.7 Å². The normalized spacial score (nSPS) is 11.5. The lowest BCUT2D eigenvalue weighted by Crippen LogP contribution is -2.23. The van der Waals surface area contributed by atoms with Gasteiger partial charge in [-0.15, -0.1) is 5.10 Å². The molecule has 3 N–H and O–H groups in total. The average Bonchev–Trinajstić information content (AvgIpc) is 3.23. The fourth-order valence-electron chi connectivity index (χ4n) is 3.57. The minimum Gasteiger partial charge on any atom is -0.481 e. The highest BCUT2D eigenvalue weighted by molar-refractivity contribution is 5.69. The van der Waals surface area contributed by atoms with Gasteiger partial charge in [0.15, 0.2) is 0 Å². The summed E-state index contributed by atoms with van der Waals surface area (Å²) >= 11 is 0. The fourth-order valence-corrected chi connectivity index (χ4v) is 3.57. The van der Waals surface area contributed by atoms with Crippen molar-refractivity contribution in [2.75, 3.05) is 5.73 Å². The second-order valence-corrected chi connectivity index (χ2v) is 8.73. The summed E-state index contributed by atoms with van der Waals surface area (Å²) in [5.74, 6) is -1.17. The first kappa shape index (κ1) is 23.0. The molecule has 10 heteroatoms. The van der Waals surface area contributed by atoms with Crippen molar-refractivity contribution in [2.24, 2.45) is 0 Å². The van der Waals surface area contributed by atoms with Crippen molar-refractivity contribution in [1.82, 2.24) is 29.9 Å². The molecule has 34 heavy (non-hydrogen) atoms. The topological polar surface area (TPSA) is 133 Å². The lowest BCUT2D eigenvalue weighted by molar-refractivity contribution is -0.138. The van der Waals surface area contributed by atoms with Crippen LogP contribution in [0.4, 0.5) is 10.3 Å². The van der Waals surface area contributed by atoms with E-state index in [0.717, 1.165) is 0 Å². The minimum atomic E-state index is -0.880. The molecule has 0 spiro atoms. The first-order valence-electron chi connectivity index (χ1n) is 10.6. The highest BCUT2D eigenvalue weighted by atomic mass is 19.1. The minimum absolute atomic E-state index is 0.0285. The van der Waals surface area contributed by atoms with Crippen LogP contribution in [0.1, 0.15) is 37.2 Å². The zero-order chi connectivity index (χ0) is 24.5. The molecule has 0 unspecified atom stereocenters. The predicted molar refractivity (Wildman–Crippen MR) is 124 cm³/mol. The van der Waals surface area contributed by atoms with E-state index in [9.17, 15) is 14.3 Å². The van der Waals surface area contributed by atoms with Crippen LogP contribution >= 0.6 is 0 Å². The number of anilines is 1. The summed E-state index contributed by atoms with van der Waals surface area (Å²) in [4.78, 5) is 24.3. The molecule has 174 valence electrons. The van der Waals surface area contributed by atoms with Crippen LogP contribution in [0.2, 0.25) is 0 Å². The standard InChI is InChI=1S/C24H24FN7O2/c1-14-7-8-15(9-17(14)25)18-10-19(29-23(26)28-18)20-13-32(31-30-20)12-16-5-4-6-21(27-16)24(2,3)11-22(33)34/h4-10,13H,11-12H2,1-3H3,(H,33,34)(H2,26,28,29). The Labute approximate surface area is 195 Å². The largest absolute Gasteiger partial charge is 0.481 e. The Bertz CT molecular complexity index is 1370. The zero-order valence-corrected chi connectivity index (χ0v) is 19.0. The molecule has 4 aromatic rings. The molecule has 0 amide bonds. The number of aliphatic carboxylic acids is 1. The summed E-state index contributed by atoms with van der Waals surface area (Å²) in [6, 6.07) is 12.0. The second kappa shape index (κ2) is 8.97. The molecule has 0 aliphatic rings. The van der Waals surface area contributed by atoms with Crippen LogP contribution in [-0.2, 0) is 16.8 Å². The van der Waals surface area contributed by atoms with Crippen molar-refractivity contribution in [1.29, 1.82) is 0 Å². The number of nitrogen functional groups attached to an aromatic ring is 1. The van der Waals surface area contributed by atoms with Crippen LogP contribution in [0.3, 0.4) is 0 Å². The lowest BCUT2D eigenvalue weighted by atomic mass is 9.85. The van der Waals surface area contributed by atoms with Gasteiger partial charge in [0.25, 0.3) is 0 Å². The zero-order valence-electron chi connectivity index (χ0n) is 19.0. The van der Waals surface area contributed by atoms with E-state index in [4.69, 9.17) is 5.73 Å². The van der Waals surface area contributed by atoms with Crippen molar-refractivity contribution in [2.45, 2.75) is 39.2 Å². The molecule has 0 saturated carbocycles. The van der Waals surface area contributed by atoms with Crippen LogP contribution in [0, 0.1) is 12.7 Å². The molecule has 0 fully saturated rings. The number of carboxylic acids is 1. The Balaban J connectivity index is 1.59. The summed E-state index contributed by atoms with van der Waals surface area (Å²) < 4.78 is 15.6. The van der Waals surface area contributed by atoms with Gasteiger partial charge in [-0.3, -0.25) is 9.78 Å². The van der Waals surface area contributed by atoms with Gasteiger partial charge in [-0.05, 0) is 36.8 Å². The summed E-state index contributed by atoms with van der Waals surface area (Å²) in [6.45, 7) is 5.71. The van der Waals surface area contributed by atoms with Gasteiger partial charge >= 0.3 is 5.97 Å². The Kier molecular flexibility index (Phi) is 6.06. The number of pyridine rings is 1. The smallest absolute Gasteiger partial charge is 0.304 e. The fraction of sp³-hybridized carbons (Fsp3) is 0.250. The number of hydrogen-bond acceptors (Lipinski definition) is 7. The Hall–Kier alpha value is -4.21. The van der Waals surface area contributed by atoms with Gasteiger partial charge in [0.2, 0.25) is 5.95 Å². The maximum atomic E-state index is 14.0. The molecule has 3 heterocycles.